The van der Waals surface area contributed by atoms with Crippen LogP contribution in [0, 0.1) is 11.3 Å². The van der Waals surface area contributed by atoms with Gasteiger partial charge in [-0.25, -0.2) is 0 Å². The first-order valence-corrected chi connectivity index (χ1v) is 8.14. The summed E-state index contributed by atoms with van der Waals surface area (Å²) in [7, 11) is 0. The summed E-state index contributed by atoms with van der Waals surface area (Å²) < 4.78 is 5.83. The van der Waals surface area contributed by atoms with Crippen molar-refractivity contribution in [2.45, 2.75) is 76.7 Å². The Morgan fingerprint density at radius 1 is 1.35 bits per heavy atom. The van der Waals surface area contributed by atoms with Crippen LogP contribution in [0.4, 0.5) is 0 Å². The third kappa shape index (κ3) is 3.72. The number of rotatable bonds is 4. The highest BCUT2D eigenvalue weighted by Gasteiger charge is 2.39. The minimum atomic E-state index is -0.302. The molecule has 1 aliphatic heterocycles. The normalized spacial score (nSPS) is 39.4. The monoisotopic (exact) mass is 279 g/mol. The van der Waals surface area contributed by atoms with Gasteiger partial charge in [-0.2, -0.15) is 5.26 Å². The molecule has 2 fully saturated rings. The third-order valence-electron chi connectivity index (χ3n) is 4.62. The van der Waals surface area contributed by atoms with Gasteiger partial charge in [0.15, 0.2) is 0 Å². The van der Waals surface area contributed by atoms with E-state index in [0.717, 1.165) is 45.3 Å². The Kier molecular flexibility index (Phi) is 5.42. The first kappa shape index (κ1) is 15.8. The molecule has 4 heteroatoms. The van der Waals surface area contributed by atoms with E-state index in [1.54, 1.807) is 0 Å². The highest BCUT2D eigenvalue weighted by Crippen LogP contribution is 2.32. The molecule has 0 aromatic carbocycles. The molecule has 1 saturated carbocycles. The van der Waals surface area contributed by atoms with Crippen molar-refractivity contribution in [1.29, 1.82) is 5.26 Å². The minimum absolute atomic E-state index is 0.302. The fourth-order valence-corrected chi connectivity index (χ4v) is 3.74. The molecule has 1 aliphatic carbocycles. The molecule has 0 radical (unpaired) electrons. The Morgan fingerprint density at radius 2 is 2.05 bits per heavy atom. The smallest absolute Gasteiger partial charge is 0.108 e. The molecule has 2 aliphatic rings. The van der Waals surface area contributed by atoms with Crippen molar-refractivity contribution in [2.75, 3.05) is 19.6 Å². The summed E-state index contributed by atoms with van der Waals surface area (Å²) in [4.78, 5) is 2.55. The van der Waals surface area contributed by atoms with Gasteiger partial charge in [0.25, 0.3) is 0 Å². The first-order valence-electron chi connectivity index (χ1n) is 8.14. The van der Waals surface area contributed by atoms with E-state index in [1.807, 2.05) is 0 Å². The summed E-state index contributed by atoms with van der Waals surface area (Å²) in [5.41, 5.74) is -0.302. The van der Waals surface area contributed by atoms with Crippen molar-refractivity contribution in [3.63, 3.8) is 0 Å². The van der Waals surface area contributed by atoms with E-state index in [4.69, 9.17) is 4.74 Å². The van der Waals surface area contributed by atoms with E-state index >= 15 is 0 Å². The predicted molar refractivity (Wildman–Crippen MR) is 80.5 cm³/mol. The minimum Gasteiger partial charge on any atom is -0.373 e. The summed E-state index contributed by atoms with van der Waals surface area (Å²) in [6.45, 7) is 9.41. The molecule has 1 heterocycles. The Morgan fingerprint density at radius 3 is 2.65 bits per heavy atom. The number of hydrogen-bond donors (Lipinski definition) is 1. The largest absolute Gasteiger partial charge is 0.373 e. The quantitative estimate of drug-likeness (QED) is 0.858. The van der Waals surface area contributed by atoms with Gasteiger partial charge in [0, 0.05) is 19.1 Å². The molecule has 4 atom stereocenters. The molecule has 0 spiro atoms. The molecular weight excluding hydrogens is 250 g/mol. The Hall–Kier alpha value is -0.630. The van der Waals surface area contributed by atoms with Crippen LogP contribution >= 0.6 is 0 Å². The molecule has 1 N–H and O–H groups in total. The van der Waals surface area contributed by atoms with Gasteiger partial charge in [-0.1, -0.05) is 6.92 Å². The number of ether oxygens (including phenoxy) is 1. The van der Waals surface area contributed by atoms with Crippen LogP contribution in [-0.2, 0) is 4.74 Å². The molecule has 4 nitrogen and oxygen atoms in total. The van der Waals surface area contributed by atoms with Gasteiger partial charge in [-0.05, 0) is 52.5 Å². The highest BCUT2D eigenvalue weighted by molar-refractivity contribution is 5.11. The van der Waals surface area contributed by atoms with E-state index in [0.29, 0.717) is 18.2 Å². The molecular formula is C16H29N3O. The molecule has 0 aromatic heterocycles. The van der Waals surface area contributed by atoms with E-state index in [1.165, 1.54) is 6.42 Å². The van der Waals surface area contributed by atoms with Crippen molar-refractivity contribution in [3.05, 3.63) is 0 Å². The zero-order chi connectivity index (χ0) is 14.6. The van der Waals surface area contributed by atoms with E-state index in [-0.39, 0.29) is 5.54 Å². The lowest BCUT2D eigenvalue weighted by molar-refractivity contribution is -0.0866. The Labute approximate surface area is 123 Å². The Balaban J connectivity index is 2.00. The number of nitrogens with zero attached hydrogens (tertiary/aromatic N) is 2. The topological polar surface area (TPSA) is 48.3 Å². The summed E-state index contributed by atoms with van der Waals surface area (Å²) in [6.07, 6.45) is 6.02. The van der Waals surface area contributed by atoms with Crippen molar-refractivity contribution in [1.82, 2.24) is 10.2 Å². The van der Waals surface area contributed by atoms with E-state index in [9.17, 15) is 5.26 Å². The van der Waals surface area contributed by atoms with Crippen LogP contribution in [0.1, 0.15) is 52.9 Å². The fraction of sp³-hybridized carbons (Fsp3) is 0.938. The van der Waals surface area contributed by atoms with E-state index in [2.05, 4.69) is 37.1 Å². The lowest BCUT2D eigenvalue weighted by Gasteiger charge is -2.45. The van der Waals surface area contributed by atoms with Gasteiger partial charge >= 0.3 is 0 Å². The summed E-state index contributed by atoms with van der Waals surface area (Å²) in [6, 6.07) is 3.10. The lowest BCUT2D eigenvalue weighted by Crippen LogP contribution is -2.56. The second-order valence-electron chi connectivity index (χ2n) is 6.58. The van der Waals surface area contributed by atoms with Gasteiger partial charge in [0.2, 0.25) is 0 Å². The number of nitrogens with one attached hydrogen (secondary N) is 1. The van der Waals surface area contributed by atoms with Crippen molar-refractivity contribution < 1.29 is 4.74 Å². The third-order valence-corrected chi connectivity index (χ3v) is 4.62. The molecule has 114 valence electrons. The van der Waals surface area contributed by atoms with Crippen LogP contribution in [0.25, 0.3) is 0 Å². The van der Waals surface area contributed by atoms with Crippen LogP contribution in [0.3, 0.4) is 0 Å². The second kappa shape index (κ2) is 6.89. The average Bonchev–Trinajstić information content (AvgIpc) is 2.44. The van der Waals surface area contributed by atoms with Crippen LogP contribution in [-0.4, -0.2) is 48.3 Å². The summed E-state index contributed by atoms with van der Waals surface area (Å²) in [5, 5.41) is 13.1. The van der Waals surface area contributed by atoms with E-state index < -0.39 is 0 Å². The molecule has 1 saturated heterocycles. The molecule has 0 bridgehead atoms. The van der Waals surface area contributed by atoms with Crippen molar-refractivity contribution >= 4 is 0 Å². The number of hydrogen-bond acceptors (Lipinski definition) is 4. The van der Waals surface area contributed by atoms with Gasteiger partial charge in [-0.3, -0.25) is 10.2 Å². The number of morpholine rings is 1. The highest BCUT2D eigenvalue weighted by atomic mass is 16.5. The zero-order valence-corrected chi connectivity index (χ0v) is 13.2. The SMILES string of the molecule is CCCNC1(C#N)CCCC(N2C[C@@H](C)O[C@@H](C)C2)C1. The van der Waals surface area contributed by atoms with Crippen LogP contribution in [0.5, 0.6) is 0 Å². The van der Waals surface area contributed by atoms with Crippen molar-refractivity contribution in [2.24, 2.45) is 0 Å². The van der Waals surface area contributed by atoms with Crippen LogP contribution in [0.2, 0.25) is 0 Å². The summed E-state index contributed by atoms with van der Waals surface area (Å²) >= 11 is 0. The standard InChI is InChI=1S/C16H29N3O/c1-4-8-18-16(12-17)7-5-6-15(9-16)19-10-13(2)20-14(3)11-19/h13-15,18H,4-11H2,1-3H3/t13-,14+,15?,16?. The zero-order valence-electron chi connectivity index (χ0n) is 13.2. The molecule has 0 amide bonds. The number of nitriles is 1. The Bertz CT molecular complexity index is 344. The van der Waals surface area contributed by atoms with Crippen LogP contribution < -0.4 is 5.32 Å². The maximum absolute atomic E-state index is 9.63. The maximum Gasteiger partial charge on any atom is 0.108 e. The van der Waals surface area contributed by atoms with Crippen molar-refractivity contribution in [3.8, 4) is 6.07 Å². The fourth-order valence-electron chi connectivity index (χ4n) is 3.74. The second-order valence-corrected chi connectivity index (χ2v) is 6.58. The average molecular weight is 279 g/mol. The first-order chi connectivity index (χ1) is 9.58. The van der Waals surface area contributed by atoms with Gasteiger partial charge < -0.3 is 4.74 Å². The molecule has 0 aromatic rings. The van der Waals surface area contributed by atoms with Gasteiger partial charge in [0.05, 0.1) is 18.3 Å². The molecule has 2 rings (SSSR count). The maximum atomic E-state index is 9.63. The van der Waals surface area contributed by atoms with Gasteiger partial charge in [0.1, 0.15) is 5.54 Å². The predicted octanol–water partition coefficient (Wildman–Crippen LogP) is 2.30. The summed E-state index contributed by atoms with van der Waals surface area (Å²) in [5.74, 6) is 0. The van der Waals surface area contributed by atoms with Gasteiger partial charge in [-0.15, -0.1) is 0 Å². The molecule has 2 unspecified atom stereocenters. The molecule has 20 heavy (non-hydrogen) atoms. The lowest BCUT2D eigenvalue weighted by atomic mass is 9.79. The van der Waals surface area contributed by atoms with Crippen LogP contribution in [0.15, 0.2) is 0 Å².